The monoisotopic (exact) mass is 323 g/mol. The Hall–Kier alpha value is -2.36. The predicted octanol–water partition coefficient (Wildman–Crippen LogP) is 4.86. The van der Waals surface area contributed by atoms with Gasteiger partial charge in [0.15, 0.2) is 0 Å². The number of rotatable bonds is 4. The van der Waals surface area contributed by atoms with Crippen LogP contribution in [-0.4, -0.2) is 10.9 Å². The highest BCUT2D eigenvalue weighted by molar-refractivity contribution is 5.92. The third-order valence-electron chi connectivity index (χ3n) is 4.53. The average Bonchev–Trinajstić information content (AvgIpc) is 2.47. The maximum absolute atomic E-state index is 11.9. The van der Waals surface area contributed by atoms with Gasteiger partial charge < -0.3 is 10.6 Å². The van der Waals surface area contributed by atoms with Crippen molar-refractivity contribution in [1.29, 1.82) is 0 Å². The van der Waals surface area contributed by atoms with Crippen molar-refractivity contribution in [3.05, 3.63) is 48.2 Å². The van der Waals surface area contributed by atoms with Gasteiger partial charge in [0.1, 0.15) is 5.82 Å². The number of carbonyl (C=O) groups excluding carboxylic acids is 1. The highest BCUT2D eigenvalue weighted by Crippen LogP contribution is 2.28. The largest absolute Gasteiger partial charge is 0.340 e. The minimum atomic E-state index is 0.113. The van der Waals surface area contributed by atoms with Crippen molar-refractivity contribution in [3.8, 4) is 0 Å². The topological polar surface area (TPSA) is 54.0 Å². The lowest BCUT2D eigenvalue weighted by Gasteiger charge is -2.23. The van der Waals surface area contributed by atoms with Crippen molar-refractivity contribution in [2.24, 2.45) is 5.92 Å². The third kappa shape index (κ3) is 3.94. The summed E-state index contributed by atoms with van der Waals surface area (Å²) in [5.74, 6) is 1.06. The zero-order chi connectivity index (χ0) is 17.2. The second kappa shape index (κ2) is 6.63. The summed E-state index contributed by atoms with van der Waals surface area (Å²) < 4.78 is 0. The Morgan fingerprint density at radius 2 is 1.71 bits per heavy atom. The highest BCUT2D eigenvalue weighted by Gasteiger charge is 2.25. The van der Waals surface area contributed by atoms with Crippen molar-refractivity contribution in [3.63, 3.8) is 0 Å². The molecule has 2 aromatic rings. The van der Waals surface area contributed by atoms with Crippen molar-refractivity contribution < 1.29 is 4.79 Å². The molecule has 0 bridgehead atoms. The summed E-state index contributed by atoms with van der Waals surface area (Å²) >= 11 is 0. The molecule has 0 saturated heterocycles. The van der Waals surface area contributed by atoms with Gasteiger partial charge in [0.05, 0.1) is 11.9 Å². The maximum atomic E-state index is 11.9. The Morgan fingerprint density at radius 3 is 2.21 bits per heavy atom. The predicted molar refractivity (Wildman–Crippen MR) is 98.6 cm³/mol. The second-order valence-corrected chi connectivity index (χ2v) is 7.50. The molecule has 0 atom stereocenters. The summed E-state index contributed by atoms with van der Waals surface area (Å²) in [6, 6.07) is 12.2. The lowest BCUT2D eigenvalue weighted by Crippen LogP contribution is -2.28. The molecule has 4 nitrogen and oxygen atoms in total. The number of hydrogen-bond donors (Lipinski definition) is 2. The number of hydrogen-bond acceptors (Lipinski definition) is 3. The van der Waals surface area contributed by atoms with E-state index in [9.17, 15) is 4.79 Å². The highest BCUT2D eigenvalue weighted by atomic mass is 16.1. The van der Waals surface area contributed by atoms with Gasteiger partial charge in [-0.2, -0.15) is 0 Å². The van der Waals surface area contributed by atoms with E-state index < -0.39 is 0 Å². The molecular weight excluding hydrogens is 298 g/mol. The van der Waals surface area contributed by atoms with E-state index in [2.05, 4.69) is 60.7 Å². The molecule has 24 heavy (non-hydrogen) atoms. The fourth-order valence-electron chi connectivity index (χ4n) is 2.66. The van der Waals surface area contributed by atoms with Crippen LogP contribution in [0.5, 0.6) is 0 Å². The molecule has 0 unspecified atom stereocenters. The van der Waals surface area contributed by atoms with Crippen LogP contribution >= 0.6 is 0 Å². The molecule has 3 rings (SSSR count). The summed E-state index contributed by atoms with van der Waals surface area (Å²) in [6.45, 7) is 6.61. The maximum Gasteiger partial charge on any atom is 0.227 e. The molecule has 0 radical (unpaired) electrons. The SMILES string of the molecule is CC(C)(C)c1ccc(Nc2ccc(NC(=O)C3CCC3)cn2)cc1. The Kier molecular flexibility index (Phi) is 4.56. The molecule has 2 N–H and O–H groups in total. The zero-order valence-electron chi connectivity index (χ0n) is 14.6. The van der Waals surface area contributed by atoms with Gasteiger partial charge in [-0.1, -0.05) is 39.3 Å². The number of aromatic nitrogens is 1. The first-order valence-electron chi connectivity index (χ1n) is 8.56. The van der Waals surface area contributed by atoms with E-state index in [1.165, 1.54) is 5.56 Å². The molecule has 0 spiro atoms. The molecule has 1 saturated carbocycles. The number of carbonyl (C=O) groups is 1. The van der Waals surface area contributed by atoms with E-state index >= 15 is 0 Å². The first kappa shape index (κ1) is 16.5. The summed E-state index contributed by atoms with van der Waals surface area (Å²) in [7, 11) is 0. The zero-order valence-corrected chi connectivity index (χ0v) is 14.6. The molecular formula is C20H25N3O. The lowest BCUT2D eigenvalue weighted by molar-refractivity contribution is -0.122. The molecule has 1 aliphatic rings. The second-order valence-electron chi connectivity index (χ2n) is 7.50. The van der Waals surface area contributed by atoms with E-state index in [1.54, 1.807) is 6.20 Å². The molecule has 1 aromatic carbocycles. The van der Waals surface area contributed by atoms with Gasteiger partial charge in [0.25, 0.3) is 0 Å². The van der Waals surface area contributed by atoms with Crippen LogP contribution in [0, 0.1) is 5.92 Å². The van der Waals surface area contributed by atoms with E-state index in [4.69, 9.17) is 0 Å². The fourth-order valence-corrected chi connectivity index (χ4v) is 2.66. The molecule has 1 fully saturated rings. The van der Waals surface area contributed by atoms with E-state index in [0.717, 1.165) is 36.5 Å². The Balaban J connectivity index is 1.60. The number of nitrogens with zero attached hydrogens (tertiary/aromatic N) is 1. The van der Waals surface area contributed by atoms with Crippen molar-refractivity contribution in [2.75, 3.05) is 10.6 Å². The van der Waals surface area contributed by atoms with Crippen molar-refractivity contribution in [1.82, 2.24) is 4.98 Å². The summed E-state index contributed by atoms with van der Waals surface area (Å²) in [5, 5.41) is 6.21. The number of pyridine rings is 1. The van der Waals surface area contributed by atoms with E-state index in [0.29, 0.717) is 0 Å². The van der Waals surface area contributed by atoms with Crippen LogP contribution in [0.15, 0.2) is 42.6 Å². The van der Waals surface area contributed by atoms with Crippen molar-refractivity contribution in [2.45, 2.75) is 45.4 Å². The van der Waals surface area contributed by atoms with Crippen LogP contribution in [-0.2, 0) is 10.2 Å². The summed E-state index contributed by atoms with van der Waals surface area (Å²) in [5.41, 5.74) is 3.20. The van der Waals surface area contributed by atoms with Crippen LogP contribution in [0.2, 0.25) is 0 Å². The van der Waals surface area contributed by atoms with Crippen LogP contribution in [0.3, 0.4) is 0 Å². The van der Waals surface area contributed by atoms with Gasteiger partial charge >= 0.3 is 0 Å². The van der Waals surface area contributed by atoms with Crippen LogP contribution in [0.1, 0.15) is 45.6 Å². The minimum Gasteiger partial charge on any atom is -0.340 e. The van der Waals surface area contributed by atoms with Crippen LogP contribution in [0.25, 0.3) is 0 Å². The normalized spacial score (nSPS) is 14.8. The fraction of sp³-hybridized carbons (Fsp3) is 0.400. The van der Waals surface area contributed by atoms with Crippen LogP contribution in [0.4, 0.5) is 17.2 Å². The van der Waals surface area contributed by atoms with Gasteiger partial charge in [-0.05, 0) is 48.1 Å². The van der Waals surface area contributed by atoms with Crippen molar-refractivity contribution >= 4 is 23.1 Å². The van der Waals surface area contributed by atoms with Gasteiger partial charge in [-0.25, -0.2) is 4.98 Å². The van der Waals surface area contributed by atoms with E-state index in [1.807, 2.05) is 12.1 Å². The summed E-state index contributed by atoms with van der Waals surface area (Å²) in [6.07, 6.45) is 4.86. The number of benzene rings is 1. The van der Waals surface area contributed by atoms with Gasteiger partial charge in [0.2, 0.25) is 5.91 Å². The first-order chi connectivity index (χ1) is 11.4. The molecule has 1 amide bonds. The lowest BCUT2D eigenvalue weighted by atomic mass is 9.85. The molecule has 1 aromatic heterocycles. The minimum absolute atomic E-state index is 0.113. The first-order valence-corrected chi connectivity index (χ1v) is 8.56. The number of amides is 1. The molecule has 0 aliphatic heterocycles. The van der Waals surface area contributed by atoms with E-state index in [-0.39, 0.29) is 17.2 Å². The van der Waals surface area contributed by atoms with Gasteiger partial charge in [0, 0.05) is 11.6 Å². The molecule has 126 valence electrons. The number of nitrogens with one attached hydrogen (secondary N) is 2. The smallest absolute Gasteiger partial charge is 0.227 e. The quantitative estimate of drug-likeness (QED) is 0.844. The standard InChI is InChI=1S/C20H25N3O/c1-20(2,3)15-7-9-16(10-8-15)22-18-12-11-17(13-21-18)23-19(24)14-5-4-6-14/h7-14H,4-6H2,1-3H3,(H,21,22)(H,23,24). The average molecular weight is 323 g/mol. The van der Waals surface area contributed by atoms with Crippen LogP contribution < -0.4 is 10.6 Å². The van der Waals surface area contributed by atoms with Gasteiger partial charge in [-0.3, -0.25) is 4.79 Å². The van der Waals surface area contributed by atoms with Gasteiger partial charge in [-0.15, -0.1) is 0 Å². The molecule has 1 aliphatic carbocycles. The molecule has 1 heterocycles. The summed E-state index contributed by atoms with van der Waals surface area (Å²) in [4.78, 5) is 16.3. The molecule has 4 heteroatoms. The Bertz CT molecular complexity index is 695. The Labute approximate surface area is 143 Å². The Morgan fingerprint density at radius 1 is 1.04 bits per heavy atom. The third-order valence-corrected chi connectivity index (χ3v) is 4.53. The number of anilines is 3.